The first kappa shape index (κ1) is 15.3. The number of likely N-dealkylation sites (tertiary alicyclic amines) is 1. The first-order chi connectivity index (χ1) is 11.0. The molecule has 1 amide bonds. The molecule has 120 valence electrons. The normalized spacial score (nSPS) is 21.6. The maximum Gasteiger partial charge on any atom is 0.310 e. The minimum Gasteiger partial charge on any atom is -0.490 e. The zero-order valence-corrected chi connectivity index (χ0v) is 12.9. The van der Waals surface area contributed by atoms with Crippen molar-refractivity contribution in [3.63, 3.8) is 0 Å². The minimum absolute atomic E-state index is 0.101. The maximum atomic E-state index is 12.6. The molecule has 1 heterocycles. The van der Waals surface area contributed by atoms with Gasteiger partial charge in [0, 0.05) is 36.7 Å². The summed E-state index contributed by atoms with van der Waals surface area (Å²) in [5, 5.41) is 10.9. The van der Waals surface area contributed by atoms with Crippen LogP contribution in [0.4, 0.5) is 5.69 Å². The smallest absolute Gasteiger partial charge is 0.310 e. The fourth-order valence-electron chi connectivity index (χ4n) is 3.44. The molecule has 6 heteroatoms. The van der Waals surface area contributed by atoms with Crippen LogP contribution in [0.2, 0.25) is 0 Å². The molecule has 0 radical (unpaired) electrons. The summed E-state index contributed by atoms with van der Waals surface area (Å²) in [6.07, 6.45) is 8.42. The van der Waals surface area contributed by atoms with Crippen LogP contribution in [0.1, 0.15) is 29.6 Å². The van der Waals surface area contributed by atoms with E-state index in [1.54, 1.807) is 4.90 Å². The highest BCUT2D eigenvalue weighted by Gasteiger charge is 2.54. The monoisotopic (exact) mass is 314 g/mol. The summed E-state index contributed by atoms with van der Waals surface area (Å²) in [6.45, 7) is 1.35. The molecule has 1 saturated heterocycles. The Hall–Kier alpha value is -2.55. The number of hydrogen-bond acceptors (Lipinski definition) is 4. The van der Waals surface area contributed by atoms with Gasteiger partial charge in [-0.2, -0.15) is 0 Å². The average molecular weight is 314 g/mol. The molecule has 1 aliphatic heterocycles. The number of hydrogen-bond donors (Lipinski definition) is 0. The molecule has 6 nitrogen and oxygen atoms in total. The Morgan fingerprint density at radius 2 is 2.17 bits per heavy atom. The Kier molecular flexibility index (Phi) is 3.72. The number of terminal acetylenes is 1. The van der Waals surface area contributed by atoms with Crippen molar-refractivity contribution >= 4 is 11.6 Å². The molecule has 1 aliphatic carbocycles. The van der Waals surface area contributed by atoms with Gasteiger partial charge in [-0.3, -0.25) is 14.9 Å². The predicted molar refractivity (Wildman–Crippen MR) is 84.2 cm³/mol. The summed E-state index contributed by atoms with van der Waals surface area (Å²) in [6, 6.07) is 4.23. The Labute approximate surface area is 134 Å². The molecule has 1 atom stereocenters. The largest absolute Gasteiger partial charge is 0.490 e. The molecule has 0 aromatic heterocycles. The number of nitro benzene ring substituents is 1. The second kappa shape index (κ2) is 5.58. The number of carbonyl (C=O) groups excluding carboxylic acids is 1. The summed E-state index contributed by atoms with van der Waals surface area (Å²) in [4.78, 5) is 24.8. The first-order valence-electron chi connectivity index (χ1n) is 7.58. The number of amides is 1. The molecule has 0 N–H and O–H groups in total. The summed E-state index contributed by atoms with van der Waals surface area (Å²) in [5.74, 6) is 3.17. The Bertz CT molecular complexity index is 699. The van der Waals surface area contributed by atoms with Gasteiger partial charge in [-0.1, -0.05) is 0 Å². The number of methoxy groups -OCH3 is 1. The molecule has 1 aromatic carbocycles. The van der Waals surface area contributed by atoms with E-state index in [0.29, 0.717) is 24.6 Å². The highest BCUT2D eigenvalue weighted by molar-refractivity contribution is 5.95. The van der Waals surface area contributed by atoms with E-state index in [2.05, 4.69) is 5.92 Å². The van der Waals surface area contributed by atoms with E-state index in [-0.39, 0.29) is 22.8 Å². The zero-order chi connectivity index (χ0) is 16.6. The second-order valence-electron chi connectivity index (χ2n) is 6.22. The van der Waals surface area contributed by atoms with E-state index >= 15 is 0 Å². The number of ether oxygens (including phenoxy) is 1. The Morgan fingerprint density at radius 3 is 2.70 bits per heavy atom. The Balaban J connectivity index is 1.72. The van der Waals surface area contributed by atoms with Crippen LogP contribution in [0.15, 0.2) is 18.2 Å². The van der Waals surface area contributed by atoms with Crippen LogP contribution in [0, 0.1) is 33.8 Å². The number of piperidine rings is 1. The summed E-state index contributed by atoms with van der Waals surface area (Å²) in [7, 11) is 1.36. The van der Waals surface area contributed by atoms with Gasteiger partial charge < -0.3 is 9.64 Å². The fourth-order valence-corrected chi connectivity index (χ4v) is 3.44. The van der Waals surface area contributed by atoms with Gasteiger partial charge in [-0.15, -0.1) is 12.3 Å². The highest BCUT2D eigenvalue weighted by atomic mass is 16.6. The van der Waals surface area contributed by atoms with E-state index < -0.39 is 4.92 Å². The molecule has 3 rings (SSSR count). The fraction of sp³-hybridized carbons (Fsp3) is 0.471. The number of nitrogens with zero attached hydrogens (tertiary/aromatic N) is 2. The second-order valence-corrected chi connectivity index (χ2v) is 6.22. The van der Waals surface area contributed by atoms with Crippen molar-refractivity contribution in [3.8, 4) is 18.1 Å². The van der Waals surface area contributed by atoms with E-state index in [4.69, 9.17) is 11.2 Å². The molecule has 1 spiro atoms. The van der Waals surface area contributed by atoms with Gasteiger partial charge in [0.05, 0.1) is 12.0 Å². The molecule has 1 unspecified atom stereocenters. The lowest BCUT2D eigenvalue weighted by Crippen LogP contribution is -2.39. The number of nitro groups is 1. The van der Waals surface area contributed by atoms with Crippen LogP contribution >= 0.6 is 0 Å². The van der Waals surface area contributed by atoms with Crippen LogP contribution in [0.5, 0.6) is 5.75 Å². The van der Waals surface area contributed by atoms with Crippen molar-refractivity contribution in [3.05, 3.63) is 33.9 Å². The minimum atomic E-state index is -0.523. The third-order valence-corrected chi connectivity index (χ3v) is 5.06. The highest BCUT2D eigenvalue weighted by Crippen LogP contribution is 2.58. The van der Waals surface area contributed by atoms with Crippen LogP contribution in [-0.4, -0.2) is 35.9 Å². The van der Waals surface area contributed by atoms with Gasteiger partial charge in [0.25, 0.3) is 5.91 Å². The van der Waals surface area contributed by atoms with Gasteiger partial charge in [-0.05, 0) is 30.7 Å². The third kappa shape index (κ3) is 2.63. The first-order valence-corrected chi connectivity index (χ1v) is 7.58. The van der Waals surface area contributed by atoms with Gasteiger partial charge >= 0.3 is 5.69 Å². The Morgan fingerprint density at radius 1 is 1.48 bits per heavy atom. The van der Waals surface area contributed by atoms with Crippen molar-refractivity contribution < 1.29 is 14.5 Å². The van der Waals surface area contributed by atoms with E-state index in [0.717, 1.165) is 19.3 Å². The van der Waals surface area contributed by atoms with Crippen molar-refractivity contribution in [2.45, 2.75) is 19.3 Å². The third-order valence-electron chi connectivity index (χ3n) is 5.06. The van der Waals surface area contributed by atoms with Crippen LogP contribution in [0.25, 0.3) is 0 Å². The molecular weight excluding hydrogens is 296 g/mol. The van der Waals surface area contributed by atoms with Crippen LogP contribution in [0.3, 0.4) is 0 Å². The maximum absolute atomic E-state index is 12.6. The predicted octanol–water partition coefficient (Wildman–Crippen LogP) is 2.48. The van der Waals surface area contributed by atoms with E-state index in [9.17, 15) is 14.9 Å². The molecule has 23 heavy (non-hydrogen) atoms. The molecule has 1 aromatic rings. The van der Waals surface area contributed by atoms with Gasteiger partial charge in [0.2, 0.25) is 0 Å². The topological polar surface area (TPSA) is 72.7 Å². The standard InChI is InChI=1S/C17H18N2O4/c1-3-13-11-17(13)6-8-18(9-7-17)16(20)12-4-5-14(19(21)22)15(10-12)23-2/h1,4-5,10,13H,6-9,11H2,2H3. The van der Waals surface area contributed by atoms with E-state index in [1.807, 2.05) is 0 Å². The molecule has 1 saturated carbocycles. The lowest BCUT2D eigenvalue weighted by Gasteiger charge is -2.32. The van der Waals surface area contributed by atoms with Crippen molar-refractivity contribution in [2.75, 3.05) is 20.2 Å². The quantitative estimate of drug-likeness (QED) is 0.488. The summed E-state index contributed by atoms with van der Waals surface area (Å²) >= 11 is 0. The van der Waals surface area contributed by atoms with Crippen LogP contribution < -0.4 is 4.74 Å². The molecule has 2 fully saturated rings. The molecular formula is C17H18N2O4. The number of rotatable bonds is 3. The van der Waals surface area contributed by atoms with E-state index in [1.165, 1.54) is 25.3 Å². The average Bonchev–Trinajstić information content (AvgIpc) is 3.26. The van der Waals surface area contributed by atoms with Crippen molar-refractivity contribution in [2.24, 2.45) is 11.3 Å². The summed E-state index contributed by atoms with van der Waals surface area (Å²) in [5.41, 5.74) is 0.516. The summed E-state index contributed by atoms with van der Waals surface area (Å²) < 4.78 is 5.02. The lowest BCUT2D eigenvalue weighted by molar-refractivity contribution is -0.385. The zero-order valence-electron chi connectivity index (χ0n) is 12.9. The van der Waals surface area contributed by atoms with Gasteiger partial charge in [-0.25, -0.2) is 0 Å². The van der Waals surface area contributed by atoms with Gasteiger partial charge in [0.1, 0.15) is 0 Å². The number of carbonyl (C=O) groups is 1. The number of benzene rings is 1. The van der Waals surface area contributed by atoms with Crippen molar-refractivity contribution in [1.29, 1.82) is 0 Å². The SMILES string of the molecule is C#CC1CC12CCN(C(=O)c1ccc([N+](=O)[O-])c(OC)c1)CC2. The van der Waals surface area contributed by atoms with Crippen molar-refractivity contribution in [1.82, 2.24) is 4.90 Å². The molecule has 2 aliphatic rings. The lowest BCUT2D eigenvalue weighted by atomic mass is 9.90. The van der Waals surface area contributed by atoms with Crippen LogP contribution in [-0.2, 0) is 0 Å². The van der Waals surface area contributed by atoms with Gasteiger partial charge in [0.15, 0.2) is 5.75 Å². The molecule has 0 bridgehead atoms.